The molecule has 0 saturated carbocycles. The van der Waals surface area contributed by atoms with Gasteiger partial charge in [-0.15, -0.1) is 0 Å². The van der Waals surface area contributed by atoms with E-state index in [0.717, 1.165) is 21.9 Å². The van der Waals surface area contributed by atoms with E-state index in [1.807, 2.05) is 58.0 Å². The zero-order chi connectivity index (χ0) is 29.3. The molecule has 0 aliphatic rings. The fourth-order valence-electron chi connectivity index (χ4n) is 4.33. The Bertz CT molecular complexity index is 1380. The van der Waals surface area contributed by atoms with Crippen LogP contribution in [0.25, 0.3) is 0 Å². The number of rotatable bonds is 13. The number of aryl methyl sites for hydroxylation is 1. The van der Waals surface area contributed by atoms with Gasteiger partial charge in [-0.25, -0.2) is 8.42 Å². The minimum atomic E-state index is -4.09. The molecule has 0 heterocycles. The third-order valence-corrected chi connectivity index (χ3v) is 9.14. The van der Waals surface area contributed by atoms with Gasteiger partial charge in [0.25, 0.3) is 10.0 Å². The van der Waals surface area contributed by atoms with Crippen LogP contribution in [0.15, 0.2) is 88.2 Å². The topological polar surface area (TPSA) is 86.8 Å². The highest BCUT2D eigenvalue weighted by Gasteiger charge is 2.33. The quantitative estimate of drug-likeness (QED) is 0.263. The highest BCUT2D eigenvalue weighted by Crippen LogP contribution is 2.27. The van der Waals surface area contributed by atoms with Crippen molar-refractivity contribution in [1.29, 1.82) is 0 Å². The molecule has 0 unspecified atom stereocenters. The van der Waals surface area contributed by atoms with E-state index in [2.05, 4.69) is 21.2 Å². The summed E-state index contributed by atoms with van der Waals surface area (Å²) in [5.41, 5.74) is 2.30. The van der Waals surface area contributed by atoms with Crippen LogP contribution in [0.1, 0.15) is 44.7 Å². The molecule has 3 aromatic rings. The zero-order valence-electron chi connectivity index (χ0n) is 23.5. The third kappa shape index (κ3) is 8.17. The Hall–Kier alpha value is -3.17. The lowest BCUT2D eigenvalue weighted by Crippen LogP contribution is -2.54. The molecule has 40 heavy (non-hydrogen) atoms. The molecule has 9 heteroatoms. The summed E-state index contributed by atoms with van der Waals surface area (Å²) in [6.45, 7) is 7.46. The molecule has 3 rings (SSSR count). The summed E-state index contributed by atoms with van der Waals surface area (Å²) in [6, 6.07) is 22.3. The van der Waals surface area contributed by atoms with E-state index in [1.54, 1.807) is 48.5 Å². The molecular formula is C31H38BrN3O4S. The lowest BCUT2D eigenvalue weighted by atomic mass is 10.1. The predicted molar refractivity (Wildman–Crippen MR) is 164 cm³/mol. The Morgan fingerprint density at radius 2 is 1.60 bits per heavy atom. The highest BCUT2D eigenvalue weighted by molar-refractivity contribution is 9.10. The van der Waals surface area contributed by atoms with Crippen molar-refractivity contribution >= 4 is 43.5 Å². The molecule has 0 aromatic heterocycles. The second-order valence-electron chi connectivity index (χ2n) is 9.87. The van der Waals surface area contributed by atoms with Crippen LogP contribution in [0.5, 0.6) is 0 Å². The summed E-state index contributed by atoms with van der Waals surface area (Å²) in [6.07, 6.45) is 1.68. The zero-order valence-corrected chi connectivity index (χ0v) is 25.9. The first kappa shape index (κ1) is 31.4. The van der Waals surface area contributed by atoms with Gasteiger partial charge < -0.3 is 10.2 Å². The van der Waals surface area contributed by atoms with Crippen LogP contribution < -0.4 is 9.62 Å². The first-order chi connectivity index (χ1) is 19.1. The Kier molecular flexibility index (Phi) is 11.3. The highest BCUT2D eigenvalue weighted by atomic mass is 79.9. The van der Waals surface area contributed by atoms with Crippen molar-refractivity contribution in [2.75, 3.05) is 17.4 Å². The van der Waals surface area contributed by atoms with E-state index in [9.17, 15) is 18.0 Å². The molecule has 3 aromatic carbocycles. The monoisotopic (exact) mass is 627 g/mol. The molecule has 2 amide bonds. The Balaban J connectivity index is 2.01. The standard InChI is InChI=1S/C31H38BrN3O4S/c1-5-24(4)33-31(37)29(6-2)34(20-19-25-11-8-7-9-12-25)30(36)22-35(27-14-10-13-26(32)21-27)40(38,39)28-17-15-23(3)16-18-28/h7-18,21,24,29H,5-6,19-20,22H2,1-4H3,(H,33,37)/t24-,29+/m0/s1. The fraction of sp³-hybridized carbons (Fsp3) is 0.355. The number of benzene rings is 3. The molecule has 1 N–H and O–H groups in total. The molecule has 0 saturated heterocycles. The van der Waals surface area contributed by atoms with E-state index in [0.29, 0.717) is 23.0 Å². The summed E-state index contributed by atoms with van der Waals surface area (Å²) < 4.78 is 29.6. The van der Waals surface area contributed by atoms with E-state index in [4.69, 9.17) is 0 Å². The van der Waals surface area contributed by atoms with Gasteiger partial charge in [-0.3, -0.25) is 13.9 Å². The number of nitrogens with one attached hydrogen (secondary N) is 1. The second-order valence-corrected chi connectivity index (χ2v) is 12.6. The SMILES string of the molecule is CC[C@H](C(=O)N[C@@H](C)CC)N(CCc1ccccc1)C(=O)CN(c1cccc(Br)c1)S(=O)(=O)c1ccc(C)cc1. The van der Waals surface area contributed by atoms with E-state index >= 15 is 0 Å². The summed E-state index contributed by atoms with van der Waals surface area (Å²) in [5, 5.41) is 3.00. The van der Waals surface area contributed by atoms with Crippen LogP contribution in [0.3, 0.4) is 0 Å². The summed E-state index contributed by atoms with van der Waals surface area (Å²) >= 11 is 3.42. The minimum absolute atomic E-state index is 0.0484. The molecular weight excluding hydrogens is 590 g/mol. The number of hydrogen-bond donors (Lipinski definition) is 1. The third-order valence-electron chi connectivity index (χ3n) is 6.86. The predicted octanol–water partition coefficient (Wildman–Crippen LogP) is 5.72. The second kappa shape index (κ2) is 14.5. The molecule has 2 atom stereocenters. The molecule has 0 spiro atoms. The van der Waals surface area contributed by atoms with Gasteiger partial charge in [-0.2, -0.15) is 0 Å². The number of sulfonamides is 1. The minimum Gasteiger partial charge on any atom is -0.352 e. The molecule has 0 fully saturated rings. The Morgan fingerprint density at radius 3 is 2.20 bits per heavy atom. The maximum absolute atomic E-state index is 14.1. The number of carbonyl (C=O) groups is 2. The summed E-state index contributed by atoms with van der Waals surface area (Å²) in [5.74, 6) is -0.689. The van der Waals surface area contributed by atoms with Gasteiger partial charge in [-0.1, -0.05) is 83.9 Å². The van der Waals surface area contributed by atoms with Crippen LogP contribution in [-0.2, 0) is 26.0 Å². The van der Waals surface area contributed by atoms with E-state index in [1.165, 1.54) is 4.90 Å². The number of hydrogen-bond acceptors (Lipinski definition) is 4. The lowest BCUT2D eigenvalue weighted by Gasteiger charge is -2.33. The van der Waals surface area contributed by atoms with Gasteiger partial charge >= 0.3 is 0 Å². The maximum Gasteiger partial charge on any atom is 0.264 e. The largest absolute Gasteiger partial charge is 0.352 e. The van der Waals surface area contributed by atoms with Crippen molar-refractivity contribution in [2.45, 2.75) is 63.9 Å². The van der Waals surface area contributed by atoms with Gasteiger partial charge in [0.2, 0.25) is 11.8 Å². The number of carbonyl (C=O) groups excluding carboxylic acids is 2. The van der Waals surface area contributed by atoms with Crippen molar-refractivity contribution in [3.63, 3.8) is 0 Å². The van der Waals surface area contributed by atoms with Crippen molar-refractivity contribution in [2.24, 2.45) is 0 Å². The van der Waals surface area contributed by atoms with Gasteiger partial charge in [0.05, 0.1) is 10.6 Å². The van der Waals surface area contributed by atoms with Crippen LogP contribution in [0.2, 0.25) is 0 Å². The Morgan fingerprint density at radius 1 is 0.925 bits per heavy atom. The molecule has 0 radical (unpaired) electrons. The van der Waals surface area contributed by atoms with Gasteiger partial charge in [-0.05, 0) is 69.0 Å². The van der Waals surface area contributed by atoms with E-state index in [-0.39, 0.29) is 23.4 Å². The van der Waals surface area contributed by atoms with Crippen molar-refractivity contribution in [3.05, 3.63) is 94.5 Å². The Labute approximate surface area is 246 Å². The van der Waals surface area contributed by atoms with Crippen LogP contribution in [-0.4, -0.2) is 50.3 Å². The number of amides is 2. The average Bonchev–Trinajstić information content (AvgIpc) is 2.94. The van der Waals surface area contributed by atoms with Gasteiger partial charge in [0.15, 0.2) is 0 Å². The van der Waals surface area contributed by atoms with Crippen molar-refractivity contribution in [3.8, 4) is 0 Å². The molecule has 7 nitrogen and oxygen atoms in total. The molecule has 214 valence electrons. The first-order valence-electron chi connectivity index (χ1n) is 13.6. The fourth-order valence-corrected chi connectivity index (χ4v) is 6.13. The first-order valence-corrected chi connectivity index (χ1v) is 15.8. The molecule has 0 aliphatic heterocycles. The average molecular weight is 629 g/mol. The van der Waals surface area contributed by atoms with Gasteiger partial charge in [0.1, 0.15) is 12.6 Å². The smallest absolute Gasteiger partial charge is 0.264 e. The van der Waals surface area contributed by atoms with Crippen LogP contribution in [0.4, 0.5) is 5.69 Å². The normalized spacial score (nSPS) is 12.8. The van der Waals surface area contributed by atoms with Crippen molar-refractivity contribution in [1.82, 2.24) is 10.2 Å². The number of anilines is 1. The maximum atomic E-state index is 14.1. The number of nitrogens with zero attached hydrogens (tertiary/aromatic N) is 2. The van der Waals surface area contributed by atoms with E-state index < -0.39 is 28.5 Å². The van der Waals surface area contributed by atoms with Crippen LogP contribution >= 0.6 is 15.9 Å². The molecule has 0 bridgehead atoms. The number of halogens is 1. The van der Waals surface area contributed by atoms with Crippen molar-refractivity contribution < 1.29 is 18.0 Å². The lowest BCUT2D eigenvalue weighted by molar-refractivity contribution is -0.139. The molecule has 0 aliphatic carbocycles. The van der Waals surface area contributed by atoms with Gasteiger partial charge in [0, 0.05) is 17.1 Å². The van der Waals surface area contributed by atoms with Crippen LogP contribution in [0, 0.1) is 6.92 Å². The summed E-state index contributed by atoms with van der Waals surface area (Å²) in [4.78, 5) is 29.0. The summed E-state index contributed by atoms with van der Waals surface area (Å²) in [7, 11) is -4.09.